The fourth-order valence-corrected chi connectivity index (χ4v) is 3.38. The minimum atomic E-state index is -0.426. The van der Waals surface area contributed by atoms with Crippen LogP contribution in [0.3, 0.4) is 0 Å². The third kappa shape index (κ3) is 2.46. The molecular weight excluding hydrogens is 274 g/mol. The number of hydrogen-bond donors (Lipinski definition) is 2. The summed E-state index contributed by atoms with van der Waals surface area (Å²) in [6.07, 6.45) is 3.62. The van der Waals surface area contributed by atoms with Crippen LogP contribution >= 0.6 is 11.3 Å². The number of nitrogens with zero attached hydrogens (tertiary/aromatic N) is 3. The van der Waals surface area contributed by atoms with E-state index in [4.69, 9.17) is 5.73 Å². The Morgan fingerprint density at radius 3 is 3.20 bits per heavy atom. The molecular formula is C13H17N5OS. The van der Waals surface area contributed by atoms with Crippen LogP contribution in [-0.2, 0) is 6.54 Å². The van der Waals surface area contributed by atoms with Gasteiger partial charge in [-0.1, -0.05) is 0 Å². The second-order valence-corrected chi connectivity index (χ2v) is 6.11. The van der Waals surface area contributed by atoms with Crippen molar-refractivity contribution in [3.8, 4) is 0 Å². The molecule has 1 atom stereocenters. The number of H-pyrrole nitrogens is 1. The summed E-state index contributed by atoms with van der Waals surface area (Å²) in [7, 11) is 0. The van der Waals surface area contributed by atoms with Crippen LogP contribution in [0.4, 0.5) is 0 Å². The molecule has 6 nitrogen and oxygen atoms in total. The molecule has 20 heavy (non-hydrogen) atoms. The number of hydrogen-bond acceptors (Lipinski definition) is 5. The third-order valence-electron chi connectivity index (χ3n) is 3.66. The maximum absolute atomic E-state index is 11.4. The minimum absolute atomic E-state index is 0.169. The number of nitrogens with one attached hydrogen (secondary N) is 1. The van der Waals surface area contributed by atoms with E-state index < -0.39 is 5.91 Å². The zero-order valence-electron chi connectivity index (χ0n) is 11.3. The van der Waals surface area contributed by atoms with Gasteiger partial charge in [-0.25, -0.2) is 4.98 Å². The highest BCUT2D eigenvalue weighted by molar-refractivity contribution is 7.09. The maximum atomic E-state index is 11.4. The van der Waals surface area contributed by atoms with Crippen molar-refractivity contribution in [3.05, 3.63) is 33.5 Å². The summed E-state index contributed by atoms with van der Waals surface area (Å²) in [6, 6.07) is 0.169. The largest absolute Gasteiger partial charge is 0.365 e. The predicted octanol–water partition coefficient (Wildman–Crippen LogP) is 1.61. The zero-order valence-corrected chi connectivity index (χ0v) is 12.1. The Balaban J connectivity index is 1.81. The predicted molar refractivity (Wildman–Crippen MR) is 76.3 cm³/mol. The van der Waals surface area contributed by atoms with Gasteiger partial charge in [-0.15, -0.1) is 11.3 Å². The summed E-state index contributed by atoms with van der Waals surface area (Å²) in [5.41, 5.74) is 7.81. The first-order valence-electron chi connectivity index (χ1n) is 6.63. The Bertz CT molecular complexity index is 620. The van der Waals surface area contributed by atoms with Crippen LogP contribution in [-0.4, -0.2) is 32.5 Å². The van der Waals surface area contributed by atoms with Crippen molar-refractivity contribution in [2.24, 2.45) is 5.73 Å². The van der Waals surface area contributed by atoms with Crippen LogP contribution in [0.1, 0.15) is 45.6 Å². The normalized spacial score (nSPS) is 19.6. The number of aromatic amines is 1. The van der Waals surface area contributed by atoms with Gasteiger partial charge in [0, 0.05) is 11.9 Å². The Hall–Kier alpha value is -1.73. The number of aromatic nitrogens is 3. The van der Waals surface area contributed by atoms with Gasteiger partial charge < -0.3 is 5.73 Å². The van der Waals surface area contributed by atoms with E-state index >= 15 is 0 Å². The number of carbonyl (C=O) groups is 1. The molecule has 3 heterocycles. The highest BCUT2D eigenvalue weighted by Gasteiger charge is 2.30. The van der Waals surface area contributed by atoms with E-state index in [-0.39, 0.29) is 6.04 Å². The molecule has 0 saturated carbocycles. The molecule has 106 valence electrons. The Morgan fingerprint density at radius 1 is 1.65 bits per heavy atom. The van der Waals surface area contributed by atoms with Crippen molar-refractivity contribution >= 4 is 17.2 Å². The van der Waals surface area contributed by atoms with Crippen LogP contribution in [0.5, 0.6) is 0 Å². The minimum Gasteiger partial charge on any atom is -0.365 e. The van der Waals surface area contributed by atoms with Crippen molar-refractivity contribution in [2.45, 2.75) is 32.4 Å². The van der Waals surface area contributed by atoms with Crippen LogP contribution in [0.25, 0.3) is 0 Å². The average Bonchev–Trinajstić information content (AvgIpc) is 3.09. The molecule has 1 saturated heterocycles. The number of thiazole rings is 1. The summed E-state index contributed by atoms with van der Waals surface area (Å²) in [5.74, 6) is -0.426. The average molecular weight is 291 g/mol. The van der Waals surface area contributed by atoms with Crippen molar-refractivity contribution in [2.75, 3.05) is 6.54 Å². The maximum Gasteiger partial charge on any atom is 0.252 e. The van der Waals surface area contributed by atoms with Gasteiger partial charge in [0.2, 0.25) is 0 Å². The first-order valence-corrected chi connectivity index (χ1v) is 7.51. The van der Waals surface area contributed by atoms with Gasteiger partial charge in [0.1, 0.15) is 0 Å². The fraction of sp³-hybridized carbons (Fsp3) is 0.462. The van der Waals surface area contributed by atoms with Crippen molar-refractivity contribution in [1.82, 2.24) is 20.1 Å². The van der Waals surface area contributed by atoms with Crippen LogP contribution < -0.4 is 5.73 Å². The van der Waals surface area contributed by atoms with E-state index in [0.717, 1.165) is 42.3 Å². The first kappa shape index (κ1) is 13.3. The van der Waals surface area contributed by atoms with E-state index in [1.54, 1.807) is 11.3 Å². The van der Waals surface area contributed by atoms with Gasteiger partial charge >= 0.3 is 0 Å². The van der Waals surface area contributed by atoms with Gasteiger partial charge in [-0.3, -0.25) is 14.8 Å². The third-order valence-corrected chi connectivity index (χ3v) is 4.49. The smallest absolute Gasteiger partial charge is 0.252 e. The quantitative estimate of drug-likeness (QED) is 0.895. The molecule has 7 heteroatoms. The van der Waals surface area contributed by atoms with E-state index in [2.05, 4.69) is 25.5 Å². The van der Waals surface area contributed by atoms with Gasteiger partial charge in [0.15, 0.2) is 0 Å². The van der Waals surface area contributed by atoms with Crippen molar-refractivity contribution in [3.63, 3.8) is 0 Å². The fourth-order valence-electron chi connectivity index (χ4n) is 2.78. The molecule has 0 spiro atoms. The number of likely N-dealkylation sites (tertiary alicyclic amines) is 1. The second-order valence-electron chi connectivity index (χ2n) is 5.05. The Morgan fingerprint density at radius 2 is 2.50 bits per heavy atom. The van der Waals surface area contributed by atoms with Crippen LogP contribution in [0.15, 0.2) is 11.6 Å². The molecule has 3 rings (SSSR count). The standard InChI is InChI=1S/C13H17N5OS/c1-8-16-9(7-20-8)6-18-4-2-3-11(18)12-10(13(14)19)5-15-17-12/h5,7,11H,2-4,6H2,1H3,(H2,14,19)(H,15,17)/t11-/m0/s1. The number of nitrogens with two attached hydrogens (primary N) is 1. The Kier molecular flexibility index (Phi) is 3.54. The van der Waals surface area contributed by atoms with Gasteiger partial charge in [0.25, 0.3) is 5.91 Å². The lowest BCUT2D eigenvalue weighted by atomic mass is 10.1. The lowest BCUT2D eigenvalue weighted by Crippen LogP contribution is -2.25. The lowest BCUT2D eigenvalue weighted by Gasteiger charge is -2.23. The Labute approximate surface area is 121 Å². The highest BCUT2D eigenvalue weighted by Crippen LogP contribution is 2.33. The zero-order chi connectivity index (χ0) is 14.1. The SMILES string of the molecule is Cc1nc(CN2CCC[C@H]2c2[nH]ncc2C(N)=O)cs1. The molecule has 2 aromatic rings. The molecule has 0 radical (unpaired) electrons. The topological polar surface area (TPSA) is 87.9 Å². The molecule has 1 aliphatic rings. The first-order chi connectivity index (χ1) is 9.65. The summed E-state index contributed by atoms with van der Waals surface area (Å²) in [6.45, 7) is 3.81. The number of primary amides is 1. The van der Waals surface area contributed by atoms with E-state index in [9.17, 15) is 4.79 Å². The second kappa shape index (κ2) is 5.34. The molecule has 1 aliphatic heterocycles. The van der Waals surface area contributed by atoms with E-state index in [1.165, 1.54) is 6.20 Å². The molecule has 1 fully saturated rings. The molecule has 0 aromatic carbocycles. The van der Waals surface area contributed by atoms with Crippen LogP contribution in [0, 0.1) is 6.92 Å². The summed E-state index contributed by atoms with van der Waals surface area (Å²) in [4.78, 5) is 18.3. The summed E-state index contributed by atoms with van der Waals surface area (Å²) >= 11 is 1.66. The van der Waals surface area contributed by atoms with Crippen molar-refractivity contribution < 1.29 is 4.79 Å². The number of amides is 1. The van der Waals surface area contributed by atoms with E-state index in [0.29, 0.717) is 5.56 Å². The summed E-state index contributed by atoms with van der Waals surface area (Å²) < 4.78 is 0. The molecule has 3 N–H and O–H groups in total. The van der Waals surface area contributed by atoms with Crippen molar-refractivity contribution in [1.29, 1.82) is 0 Å². The highest BCUT2D eigenvalue weighted by atomic mass is 32.1. The molecule has 2 aromatic heterocycles. The number of aryl methyl sites for hydroxylation is 1. The lowest BCUT2D eigenvalue weighted by molar-refractivity contribution is 0.0997. The van der Waals surface area contributed by atoms with Gasteiger partial charge in [-0.2, -0.15) is 5.10 Å². The molecule has 1 amide bonds. The van der Waals surface area contributed by atoms with Gasteiger partial charge in [-0.05, 0) is 26.3 Å². The summed E-state index contributed by atoms with van der Waals surface area (Å²) in [5, 5.41) is 10.1. The number of rotatable bonds is 4. The molecule has 0 aliphatic carbocycles. The molecule has 0 unspecified atom stereocenters. The van der Waals surface area contributed by atoms with E-state index in [1.807, 2.05) is 6.92 Å². The number of carbonyl (C=O) groups excluding carboxylic acids is 1. The molecule has 0 bridgehead atoms. The van der Waals surface area contributed by atoms with Gasteiger partial charge in [0.05, 0.1) is 34.2 Å². The monoisotopic (exact) mass is 291 g/mol. The van der Waals surface area contributed by atoms with Crippen LogP contribution in [0.2, 0.25) is 0 Å².